The Balaban J connectivity index is 2.61. The van der Waals surface area contributed by atoms with Crippen LogP contribution in [0.3, 0.4) is 0 Å². The van der Waals surface area contributed by atoms with E-state index in [1.807, 2.05) is 19.9 Å². The van der Waals surface area contributed by atoms with Gasteiger partial charge in [-0.2, -0.15) is 0 Å². The Bertz CT molecular complexity index is 598. The Labute approximate surface area is 116 Å². The smallest absolute Gasteiger partial charge is 0.350 e. The highest BCUT2D eigenvalue weighted by molar-refractivity contribution is 7.18. The van der Waals surface area contributed by atoms with Crippen molar-refractivity contribution in [1.82, 2.24) is 0 Å². The van der Waals surface area contributed by atoms with Gasteiger partial charge in [-0.1, -0.05) is 13.8 Å². The number of methoxy groups -OCH3 is 1. The molecule has 2 aromatic heterocycles. The molecule has 0 aliphatic rings. The van der Waals surface area contributed by atoms with E-state index in [1.54, 1.807) is 6.26 Å². The molecule has 0 saturated carbocycles. The molecule has 0 fully saturated rings. The number of nitrogen functional groups attached to an aromatic ring is 1. The molecular weight excluding hydrogens is 262 g/mol. The van der Waals surface area contributed by atoms with Gasteiger partial charge in [-0.25, -0.2) is 4.79 Å². The number of thiophene rings is 1. The van der Waals surface area contributed by atoms with E-state index in [2.05, 4.69) is 0 Å². The quantitative estimate of drug-likeness (QED) is 0.870. The third kappa shape index (κ3) is 2.26. The molecule has 0 aliphatic heterocycles. The number of carbonyl (C=O) groups excluding carboxylic acids is 1. The molecule has 0 atom stereocenters. The summed E-state index contributed by atoms with van der Waals surface area (Å²) in [5.41, 5.74) is 8.60. The van der Waals surface area contributed by atoms with E-state index in [-0.39, 0.29) is 5.97 Å². The molecule has 0 aromatic carbocycles. The van der Waals surface area contributed by atoms with Crippen molar-refractivity contribution in [3.8, 4) is 10.4 Å². The van der Waals surface area contributed by atoms with Crippen LogP contribution in [0.2, 0.25) is 0 Å². The van der Waals surface area contributed by atoms with Gasteiger partial charge < -0.3 is 14.9 Å². The maximum absolute atomic E-state index is 11.7. The number of nitrogens with two attached hydrogens (primary N) is 1. The van der Waals surface area contributed by atoms with Crippen molar-refractivity contribution in [2.24, 2.45) is 0 Å². The molecule has 0 spiro atoms. The molecule has 2 rings (SSSR count). The Hall–Kier alpha value is -1.75. The van der Waals surface area contributed by atoms with Gasteiger partial charge in [0.15, 0.2) is 0 Å². The lowest BCUT2D eigenvalue weighted by Gasteiger charge is -2.02. The van der Waals surface area contributed by atoms with Crippen LogP contribution in [-0.2, 0) is 17.6 Å². The van der Waals surface area contributed by atoms with Crippen molar-refractivity contribution in [3.05, 3.63) is 28.5 Å². The van der Waals surface area contributed by atoms with E-state index in [9.17, 15) is 4.79 Å². The monoisotopic (exact) mass is 279 g/mol. The summed E-state index contributed by atoms with van der Waals surface area (Å²) in [6.07, 6.45) is 3.24. The van der Waals surface area contributed by atoms with E-state index < -0.39 is 0 Å². The van der Waals surface area contributed by atoms with Crippen LogP contribution in [0, 0.1) is 0 Å². The molecule has 2 aromatic rings. The second kappa shape index (κ2) is 5.48. The number of anilines is 1. The SMILES string of the molecule is CCc1occc1-c1sc(C(=O)OC)c(N)c1CC. The molecule has 0 bridgehead atoms. The number of hydrogen-bond acceptors (Lipinski definition) is 5. The first-order valence-corrected chi connectivity index (χ1v) is 7.01. The maximum Gasteiger partial charge on any atom is 0.350 e. The number of esters is 1. The lowest BCUT2D eigenvalue weighted by atomic mass is 10.1. The second-order valence-electron chi connectivity index (χ2n) is 4.11. The van der Waals surface area contributed by atoms with E-state index in [4.69, 9.17) is 14.9 Å². The molecule has 19 heavy (non-hydrogen) atoms. The molecular formula is C14H17NO3S. The molecule has 102 valence electrons. The minimum atomic E-state index is -0.384. The third-order valence-corrected chi connectivity index (χ3v) is 4.34. The number of rotatable bonds is 4. The highest BCUT2D eigenvalue weighted by Gasteiger charge is 2.23. The number of furan rings is 1. The minimum absolute atomic E-state index is 0.384. The maximum atomic E-state index is 11.7. The Morgan fingerprint density at radius 3 is 2.74 bits per heavy atom. The van der Waals surface area contributed by atoms with Crippen LogP contribution in [0.4, 0.5) is 5.69 Å². The van der Waals surface area contributed by atoms with Crippen LogP contribution in [-0.4, -0.2) is 13.1 Å². The van der Waals surface area contributed by atoms with Gasteiger partial charge in [0.25, 0.3) is 0 Å². The van der Waals surface area contributed by atoms with E-state index >= 15 is 0 Å². The fourth-order valence-corrected chi connectivity index (χ4v) is 3.38. The van der Waals surface area contributed by atoms with E-state index in [1.165, 1.54) is 18.4 Å². The van der Waals surface area contributed by atoms with Crippen molar-refractivity contribution >= 4 is 23.0 Å². The van der Waals surface area contributed by atoms with Gasteiger partial charge in [0, 0.05) is 16.9 Å². The van der Waals surface area contributed by atoms with Gasteiger partial charge in [-0.3, -0.25) is 0 Å². The van der Waals surface area contributed by atoms with Crippen LogP contribution in [0.5, 0.6) is 0 Å². The molecule has 5 heteroatoms. The first kappa shape index (κ1) is 13.7. The van der Waals surface area contributed by atoms with Crippen molar-refractivity contribution in [2.75, 3.05) is 12.8 Å². The Morgan fingerprint density at radius 1 is 1.42 bits per heavy atom. The first-order valence-electron chi connectivity index (χ1n) is 6.20. The van der Waals surface area contributed by atoms with Crippen LogP contribution < -0.4 is 5.73 Å². The van der Waals surface area contributed by atoms with E-state index in [0.717, 1.165) is 34.6 Å². The normalized spacial score (nSPS) is 10.7. The Morgan fingerprint density at radius 2 is 2.16 bits per heavy atom. The molecule has 0 unspecified atom stereocenters. The lowest BCUT2D eigenvalue weighted by molar-refractivity contribution is 0.0607. The molecule has 4 nitrogen and oxygen atoms in total. The zero-order valence-electron chi connectivity index (χ0n) is 11.3. The second-order valence-corrected chi connectivity index (χ2v) is 5.13. The molecule has 0 aliphatic carbocycles. The van der Waals surface area contributed by atoms with Crippen LogP contribution in [0.25, 0.3) is 10.4 Å². The average Bonchev–Trinajstić information content (AvgIpc) is 3.01. The molecule has 0 amide bonds. The number of aryl methyl sites for hydroxylation is 1. The van der Waals surface area contributed by atoms with E-state index in [0.29, 0.717) is 10.6 Å². The van der Waals surface area contributed by atoms with Gasteiger partial charge in [-0.15, -0.1) is 11.3 Å². The standard InChI is InChI=1S/C14H17NO3S/c1-4-8-11(15)13(14(16)17-3)19-12(8)9-6-7-18-10(9)5-2/h6-7H,4-5,15H2,1-3H3. The van der Waals surface area contributed by atoms with Gasteiger partial charge in [0.1, 0.15) is 10.6 Å². The van der Waals surface area contributed by atoms with Gasteiger partial charge >= 0.3 is 5.97 Å². The summed E-state index contributed by atoms with van der Waals surface area (Å²) in [7, 11) is 1.36. The zero-order chi connectivity index (χ0) is 14.0. The molecule has 0 radical (unpaired) electrons. The van der Waals surface area contributed by atoms with Gasteiger partial charge in [-0.05, 0) is 18.1 Å². The lowest BCUT2D eigenvalue weighted by Crippen LogP contribution is -2.02. The van der Waals surface area contributed by atoms with Gasteiger partial charge in [0.05, 0.1) is 19.1 Å². The summed E-state index contributed by atoms with van der Waals surface area (Å²) in [5, 5.41) is 0. The topological polar surface area (TPSA) is 65.5 Å². The minimum Gasteiger partial charge on any atom is -0.469 e. The highest BCUT2D eigenvalue weighted by atomic mass is 32.1. The van der Waals surface area contributed by atoms with Gasteiger partial charge in [0.2, 0.25) is 0 Å². The summed E-state index contributed by atoms with van der Waals surface area (Å²) in [6.45, 7) is 4.06. The van der Waals surface area contributed by atoms with Crippen LogP contribution >= 0.6 is 11.3 Å². The summed E-state index contributed by atoms with van der Waals surface area (Å²) in [5.74, 6) is 0.525. The zero-order valence-corrected chi connectivity index (χ0v) is 12.1. The number of ether oxygens (including phenoxy) is 1. The van der Waals surface area contributed by atoms with Crippen molar-refractivity contribution in [1.29, 1.82) is 0 Å². The van der Waals surface area contributed by atoms with Crippen LogP contribution in [0.1, 0.15) is 34.8 Å². The molecule has 2 heterocycles. The van der Waals surface area contributed by atoms with Crippen LogP contribution in [0.15, 0.2) is 16.7 Å². The summed E-state index contributed by atoms with van der Waals surface area (Å²) in [4.78, 5) is 13.2. The predicted octanol–water partition coefficient (Wildman–Crippen LogP) is 3.50. The largest absolute Gasteiger partial charge is 0.469 e. The predicted molar refractivity (Wildman–Crippen MR) is 76.5 cm³/mol. The number of carbonyl (C=O) groups is 1. The number of hydrogen-bond donors (Lipinski definition) is 1. The summed E-state index contributed by atoms with van der Waals surface area (Å²) < 4.78 is 10.2. The fourth-order valence-electron chi connectivity index (χ4n) is 2.11. The average molecular weight is 279 g/mol. The Kier molecular flexibility index (Phi) is 3.95. The van der Waals surface area contributed by atoms with Crippen molar-refractivity contribution in [3.63, 3.8) is 0 Å². The summed E-state index contributed by atoms with van der Waals surface area (Å²) >= 11 is 1.37. The fraction of sp³-hybridized carbons (Fsp3) is 0.357. The van der Waals surface area contributed by atoms with Crippen molar-refractivity contribution in [2.45, 2.75) is 26.7 Å². The first-order chi connectivity index (χ1) is 9.13. The summed E-state index contributed by atoms with van der Waals surface area (Å²) in [6, 6.07) is 1.92. The van der Waals surface area contributed by atoms with Crippen molar-refractivity contribution < 1.29 is 13.9 Å². The third-order valence-electron chi connectivity index (χ3n) is 3.08. The molecule has 2 N–H and O–H groups in total. The molecule has 0 saturated heterocycles. The highest BCUT2D eigenvalue weighted by Crippen LogP contribution is 2.41.